The van der Waals surface area contributed by atoms with E-state index >= 15 is 0 Å². The Labute approximate surface area is 149 Å². The van der Waals surface area contributed by atoms with Crippen LogP contribution in [0.3, 0.4) is 0 Å². The van der Waals surface area contributed by atoms with Crippen LogP contribution in [0.4, 0.5) is 0 Å². The number of aliphatic hydroxyl groups is 1. The minimum Gasteiger partial charge on any atom is -0.395 e. The Morgan fingerprint density at radius 1 is 0.875 bits per heavy atom. The second kappa shape index (κ2) is 20.2. The lowest BCUT2D eigenvalue weighted by Crippen LogP contribution is -2.22. The molecule has 0 rings (SSSR count). The Kier molecular flexibility index (Phi) is 19.4. The van der Waals surface area contributed by atoms with Gasteiger partial charge < -0.3 is 5.11 Å². The van der Waals surface area contributed by atoms with E-state index in [0.29, 0.717) is 6.42 Å². The molecule has 0 atom stereocenters. The van der Waals surface area contributed by atoms with E-state index in [0.717, 1.165) is 12.8 Å². The van der Waals surface area contributed by atoms with E-state index < -0.39 is 0 Å². The Bertz CT molecular complexity index is 293. The lowest BCUT2D eigenvalue weighted by atomic mass is 10.1. The number of hydroxylamine groups is 1. The number of hydrogen-bond acceptors (Lipinski definition) is 4. The molecular weight excluding hydrogens is 302 g/mol. The van der Waals surface area contributed by atoms with Crippen molar-refractivity contribution >= 4 is 5.97 Å². The van der Waals surface area contributed by atoms with Gasteiger partial charge in [-0.2, -0.15) is 4.84 Å². The van der Waals surface area contributed by atoms with Crippen molar-refractivity contribution < 1.29 is 14.7 Å². The van der Waals surface area contributed by atoms with Gasteiger partial charge in [0.2, 0.25) is 0 Å². The number of allylic oxidation sites excluding steroid dienone is 2. The monoisotopic (exact) mass is 341 g/mol. The molecule has 0 saturated carbocycles. The maximum atomic E-state index is 11.3. The number of carbonyl (C=O) groups excluding carboxylic acids is 1. The molecule has 0 fully saturated rings. The Morgan fingerprint density at radius 3 is 2.00 bits per heavy atom. The van der Waals surface area contributed by atoms with Gasteiger partial charge in [-0.25, -0.2) is 0 Å². The highest BCUT2D eigenvalue weighted by Gasteiger charge is 2.15. The van der Waals surface area contributed by atoms with Gasteiger partial charge in [0.25, 0.3) is 0 Å². The van der Waals surface area contributed by atoms with E-state index in [1.807, 2.05) is 0 Å². The highest BCUT2D eigenvalue weighted by molar-refractivity contribution is 5.68. The van der Waals surface area contributed by atoms with Crippen molar-refractivity contribution in [1.29, 1.82) is 0 Å². The fraction of sp³-hybridized carbons (Fsp3) is 0.850. The molecule has 0 unspecified atom stereocenters. The van der Waals surface area contributed by atoms with Crippen LogP contribution in [-0.4, -0.2) is 24.2 Å². The molecule has 0 saturated heterocycles. The molecule has 0 amide bonds. The lowest BCUT2D eigenvalue weighted by molar-refractivity contribution is -0.151. The molecule has 0 aliphatic rings. The maximum Gasteiger partial charge on any atom is 0.597 e. The molecular formula is C20H39NO3+. The predicted molar refractivity (Wildman–Crippen MR) is 101 cm³/mol. The summed E-state index contributed by atoms with van der Waals surface area (Å²) in [7, 11) is 0. The number of unbranched alkanes of at least 4 members (excludes halogenated alkanes) is 11. The minimum atomic E-state index is -0.235. The van der Waals surface area contributed by atoms with E-state index in [4.69, 9.17) is 9.94 Å². The largest absolute Gasteiger partial charge is 0.597 e. The van der Waals surface area contributed by atoms with E-state index in [2.05, 4.69) is 24.6 Å². The topological polar surface area (TPSA) is 61.4 Å². The number of rotatable bonds is 18. The van der Waals surface area contributed by atoms with Crippen molar-refractivity contribution in [1.82, 2.24) is 5.48 Å². The maximum absolute atomic E-state index is 11.3. The lowest BCUT2D eigenvalue weighted by Gasteiger charge is -1.99. The summed E-state index contributed by atoms with van der Waals surface area (Å²) >= 11 is 0. The quantitative estimate of drug-likeness (QED) is 0.158. The third-order valence-corrected chi connectivity index (χ3v) is 4.04. The second-order valence-electron chi connectivity index (χ2n) is 6.43. The fourth-order valence-corrected chi connectivity index (χ4v) is 2.57. The van der Waals surface area contributed by atoms with E-state index in [1.165, 1.54) is 70.6 Å². The van der Waals surface area contributed by atoms with Crippen LogP contribution in [-0.2, 0) is 9.63 Å². The fourth-order valence-electron chi connectivity index (χ4n) is 2.57. The first-order chi connectivity index (χ1) is 11.8. The van der Waals surface area contributed by atoms with Gasteiger partial charge in [0.05, 0.1) is 17.9 Å². The second-order valence-corrected chi connectivity index (χ2v) is 6.43. The van der Waals surface area contributed by atoms with Gasteiger partial charge >= 0.3 is 5.97 Å². The third-order valence-electron chi connectivity index (χ3n) is 4.04. The van der Waals surface area contributed by atoms with Crippen molar-refractivity contribution in [3.63, 3.8) is 0 Å². The predicted octanol–water partition coefficient (Wildman–Crippen LogP) is 5.06. The molecule has 0 heterocycles. The summed E-state index contributed by atoms with van der Waals surface area (Å²) in [6.45, 7) is 2.52. The van der Waals surface area contributed by atoms with Gasteiger partial charge in [0, 0.05) is 0 Å². The van der Waals surface area contributed by atoms with Crippen molar-refractivity contribution in [3.8, 4) is 0 Å². The van der Waals surface area contributed by atoms with Gasteiger partial charge in [-0.15, -0.1) is 0 Å². The average Bonchev–Trinajstić information content (AvgIpc) is 2.58. The number of carbonyl (C=O) groups is 1. The molecule has 0 spiro atoms. The minimum absolute atomic E-state index is 0.0271. The molecule has 4 heteroatoms. The van der Waals surface area contributed by atoms with Gasteiger partial charge in [0.1, 0.15) is 6.42 Å². The molecule has 0 aliphatic carbocycles. The van der Waals surface area contributed by atoms with E-state index in [1.54, 1.807) is 0 Å². The first-order valence-corrected chi connectivity index (χ1v) is 9.99. The summed E-state index contributed by atoms with van der Waals surface area (Å²) in [6.07, 6.45) is 21.4. The van der Waals surface area contributed by atoms with Crippen LogP contribution in [0.2, 0.25) is 0 Å². The molecule has 1 radical (unpaired) electrons. The number of hydrogen-bond donors (Lipinski definition) is 2. The summed E-state index contributed by atoms with van der Waals surface area (Å²) in [5, 5.41) is 8.54. The molecule has 0 aliphatic heterocycles. The molecule has 0 aromatic heterocycles. The zero-order valence-corrected chi connectivity index (χ0v) is 15.7. The molecule has 24 heavy (non-hydrogen) atoms. The van der Waals surface area contributed by atoms with Crippen LogP contribution in [0, 0.1) is 0 Å². The first-order valence-electron chi connectivity index (χ1n) is 9.99. The highest BCUT2D eigenvalue weighted by Crippen LogP contribution is 2.10. The Hall–Kier alpha value is -0.870. The molecule has 0 aromatic carbocycles. The summed E-state index contributed by atoms with van der Waals surface area (Å²) in [4.78, 5) is 16.0. The van der Waals surface area contributed by atoms with Crippen LogP contribution >= 0.6 is 0 Å². The summed E-state index contributed by atoms with van der Waals surface area (Å²) in [5.41, 5.74) is 2.43. The van der Waals surface area contributed by atoms with Crippen LogP contribution in [0.5, 0.6) is 0 Å². The van der Waals surface area contributed by atoms with Crippen molar-refractivity contribution in [2.75, 3.05) is 13.2 Å². The van der Waals surface area contributed by atoms with Crippen LogP contribution in [0.1, 0.15) is 96.8 Å². The molecule has 0 bridgehead atoms. The average molecular weight is 342 g/mol. The smallest absolute Gasteiger partial charge is 0.395 e. The van der Waals surface area contributed by atoms with Gasteiger partial charge in [0.15, 0.2) is 0 Å². The Morgan fingerprint density at radius 2 is 1.42 bits per heavy atom. The van der Waals surface area contributed by atoms with Gasteiger partial charge in [-0.3, -0.25) is 0 Å². The molecule has 4 nitrogen and oxygen atoms in total. The molecule has 2 N–H and O–H groups in total. The number of nitrogens with one attached hydrogen (secondary N) is 1. The van der Waals surface area contributed by atoms with E-state index in [-0.39, 0.29) is 19.1 Å². The standard InChI is InChI=1S/C20H39NO3/c1-2-3-4-5-6-7-8-9-10-11-12-13-14-15-16-17-20(23)24-21-18-19-22/h9-10,21-22H,2-8,11-19H2,1H3/q+1/b10-9-. The van der Waals surface area contributed by atoms with Crippen molar-refractivity contribution in [2.24, 2.45) is 0 Å². The van der Waals surface area contributed by atoms with E-state index in [9.17, 15) is 4.79 Å². The third kappa shape index (κ3) is 19.2. The highest BCUT2D eigenvalue weighted by atomic mass is 16.7. The number of aliphatic hydroxyl groups excluding tert-OH is 1. The van der Waals surface area contributed by atoms with Gasteiger partial charge in [-0.05, 0) is 37.6 Å². The van der Waals surface area contributed by atoms with Crippen LogP contribution in [0.25, 0.3) is 0 Å². The summed E-state index contributed by atoms with van der Waals surface area (Å²) < 4.78 is 0. The first kappa shape index (κ1) is 23.1. The van der Waals surface area contributed by atoms with Crippen molar-refractivity contribution in [2.45, 2.75) is 96.8 Å². The molecule has 141 valence electrons. The Balaban J connectivity index is 3.16. The van der Waals surface area contributed by atoms with Gasteiger partial charge in [-0.1, -0.05) is 70.4 Å². The van der Waals surface area contributed by atoms with Crippen LogP contribution < -0.4 is 5.48 Å². The zero-order chi connectivity index (χ0) is 17.7. The van der Waals surface area contributed by atoms with Crippen LogP contribution in [0.15, 0.2) is 12.2 Å². The normalized spacial score (nSPS) is 11.2. The summed E-state index contributed by atoms with van der Waals surface area (Å²) in [6, 6.07) is 0. The molecule has 0 aromatic rings. The SMILES string of the molecule is CCCCCCCC/C=C\CCCCCCCC(=[O+])ONCCO. The summed E-state index contributed by atoms with van der Waals surface area (Å²) in [5.74, 6) is -0.235. The van der Waals surface area contributed by atoms with Crippen molar-refractivity contribution in [3.05, 3.63) is 12.2 Å². The zero-order valence-electron chi connectivity index (χ0n) is 15.7.